The van der Waals surface area contributed by atoms with Crippen molar-refractivity contribution in [3.05, 3.63) is 87.5 Å². The van der Waals surface area contributed by atoms with Crippen molar-refractivity contribution in [1.82, 2.24) is 0 Å². The van der Waals surface area contributed by atoms with E-state index in [-0.39, 0.29) is 17.2 Å². The van der Waals surface area contributed by atoms with Crippen LogP contribution < -0.4 is 20.1 Å². The Hall–Kier alpha value is -4.40. The maximum Gasteiger partial charge on any atom is 0.272 e. The van der Waals surface area contributed by atoms with Crippen molar-refractivity contribution in [3.63, 3.8) is 0 Å². The van der Waals surface area contributed by atoms with Crippen LogP contribution in [0.4, 0.5) is 17.1 Å². The number of hydrogen-bond acceptors (Lipinski definition) is 6. The minimum atomic E-state index is -0.507. The average Bonchev–Trinajstić information content (AvgIpc) is 2.79. The maximum atomic E-state index is 12.7. The van der Waals surface area contributed by atoms with Gasteiger partial charge < -0.3 is 20.1 Å². The fraction of sp³-hybridized carbons (Fsp3) is 0.130. The molecule has 0 fully saturated rings. The number of nitro groups is 1. The summed E-state index contributed by atoms with van der Waals surface area (Å²) in [6.45, 7) is 1.56. The van der Waals surface area contributed by atoms with Gasteiger partial charge in [-0.2, -0.15) is 0 Å². The number of amides is 2. The van der Waals surface area contributed by atoms with Gasteiger partial charge in [0.1, 0.15) is 11.5 Å². The zero-order chi connectivity index (χ0) is 23.3. The first kappa shape index (κ1) is 22.3. The minimum Gasteiger partial charge on any atom is -0.494 e. The maximum absolute atomic E-state index is 12.7. The molecule has 0 heterocycles. The van der Waals surface area contributed by atoms with Gasteiger partial charge in [-0.15, -0.1) is 0 Å². The number of nitrogens with one attached hydrogen (secondary N) is 2. The molecule has 0 unspecified atom stereocenters. The van der Waals surface area contributed by atoms with E-state index >= 15 is 0 Å². The van der Waals surface area contributed by atoms with E-state index in [1.807, 2.05) is 6.07 Å². The Kier molecular flexibility index (Phi) is 6.69. The molecular weight excluding hydrogens is 414 g/mol. The quantitative estimate of drug-likeness (QED) is 0.419. The second kappa shape index (κ2) is 9.61. The Morgan fingerprint density at radius 2 is 1.34 bits per heavy atom. The number of hydrogen-bond donors (Lipinski definition) is 2. The van der Waals surface area contributed by atoms with E-state index in [1.54, 1.807) is 31.2 Å². The fourth-order valence-corrected chi connectivity index (χ4v) is 3.07. The summed E-state index contributed by atoms with van der Waals surface area (Å²) < 4.78 is 10.7. The molecule has 0 atom stereocenters. The molecule has 3 aromatic rings. The number of methoxy groups -OCH3 is 2. The van der Waals surface area contributed by atoms with Crippen LogP contribution in [0.5, 0.6) is 11.5 Å². The number of nitrogens with zero attached hydrogens (tertiary/aromatic N) is 1. The molecular formula is C23H21N3O6. The molecule has 0 radical (unpaired) electrons. The van der Waals surface area contributed by atoms with Gasteiger partial charge in [-0.3, -0.25) is 19.7 Å². The fourth-order valence-electron chi connectivity index (χ4n) is 3.07. The Balaban J connectivity index is 1.87. The number of carbonyl (C=O) groups excluding carboxylic acids is 2. The van der Waals surface area contributed by atoms with E-state index in [2.05, 4.69) is 10.6 Å². The summed E-state index contributed by atoms with van der Waals surface area (Å²) in [5, 5.41) is 16.5. The molecule has 0 saturated carbocycles. The van der Waals surface area contributed by atoms with Crippen LogP contribution in [0.3, 0.4) is 0 Å². The standard InChI is InChI=1S/C23H21N3O6/c1-14-11-16(9-10-19(14)26(29)30)23(28)25-18-13-20(31-2)17(12-21(18)32-3)24-22(27)15-7-5-4-6-8-15/h4-13H,1-3H3,(H,24,27)(H,25,28). The number of rotatable bonds is 7. The van der Waals surface area contributed by atoms with Crippen molar-refractivity contribution in [2.75, 3.05) is 24.9 Å². The smallest absolute Gasteiger partial charge is 0.272 e. The van der Waals surface area contributed by atoms with Crippen molar-refractivity contribution in [2.24, 2.45) is 0 Å². The summed E-state index contributed by atoms with van der Waals surface area (Å²) in [7, 11) is 2.86. The van der Waals surface area contributed by atoms with Crippen LogP contribution in [0.1, 0.15) is 26.3 Å². The highest BCUT2D eigenvalue weighted by molar-refractivity contribution is 6.07. The van der Waals surface area contributed by atoms with Gasteiger partial charge >= 0.3 is 0 Å². The third-order valence-corrected chi connectivity index (χ3v) is 4.71. The lowest BCUT2D eigenvalue weighted by molar-refractivity contribution is -0.385. The summed E-state index contributed by atoms with van der Waals surface area (Å²) in [4.78, 5) is 35.7. The van der Waals surface area contributed by atoms with Gasteiger partial charge in [-0.1, -0.05) is 18.2 Å². The number of anilines is 2. The second-order valence-corrected chi connectivity index (χ2v) is 6.79. The Morgan fingerprint density at radius 1 is 0.812 bits per heavy atom. The molecule has 0 aliphatic carbocycles. The van der Waals surface area contributed by atoms with Crippen molar-refractivity contribution in [2.45, 2.75) is 6.92 Å². The van der Waals surface area contributed by atoms with Crippen molar-refractivity contribution < 1.29 is 24.0 Å². The molecule has 0 aromatic heterocycles. The highest BCUT2D eigenvalue weighted by Gasteiger charge is 2.18. The van der Waals surface area contributed by atoms with Gasteiger partial charge in [-0.05, 0) is 31.2 Å². The Morgan fingerprint density at radius 3 is 1.81 bits per heavy atom. The monoisotopic (exact) mass is 435 g/mol. The van der Waals surface area contributed by atoms with Crippen molar-refractivity contribution in [3.8, 4) is 11.5 Å². The van der Waals surface area contributed by atoms with Crippen LogP contribution in [-0.4, -0.2) is 31.0 Å². The van der Waals surface area contributed by atoms with Crippen LogP contribution in [0.25, 0.3) is 0 Å². The summed E-state index contributed by atoms with van der Waals surface area (Å²) in [6, 6.07) is 15.8. The van der Waals surface area contributed by atoms with Gasteiger partial charge in [-0.25, -0.2) is 0 Å². The molecule has 2 amide bonds. The third-order valence-electron chi connectivity index (χ3n) is 4.71. The van der Waals surface area contributed by atoms with Gasteiger partial charge in [0.05, 0.1) is 30.5 Å². The highest BCUT2D eigenvalue weighted by atomic mass is 16.6. The summed E-state index contributed by atoms with van der Waals surface area (Å²) in [6.07, 6.45) is 0. The summed E-state index contributed by atoms with van der Waals surface area (Å²) in [5.41, 5.74) is 1.69. The Labute approximate surface area is 184 Å². The number of aryl methyl sites for hydroxylation is 1. The molecule has 0 aliphatic rings. The average molecular weight is 435 g/mol. The first-order chi connectivity index (χ1) is 15.3. The first-order valence-electron chi connectivity index (χ1n) is 9.53. The number of benzene rings is 3. The molecule has 32 heavy (non-hydrogen) atoms. The first-order valence-corrected chi connectivity index (χ1v) is 9.53. The summed E-state index contributed by atoms with van der Waals surface area (Å²) in [5.74, 6) is -0.208. The molecule has 2 N–H and O–H groups in total. The predicted molar refractivity (Wildman–Crippen MR) is 120 cm³/mol. The molecule has 0 bridgehead atoms. The molecule has 3 aromatic carbocycles. The summed E-state index contributed by atoms with van der Waals surface area (Å²) >= 11 is 0. The van der Waals surface area contributed by atoms with E-state index < -0.39 is 10.8 Å². The topological polar surface area (TPSA) is 120 Å². The van der Waals surface area contributed by atoms with E-state index in [4.69, 9.17) is 9.47 Å². The van der Waals surface area contributed by atoms with Gasteiger partial charge in [0.2, 0.25) is 0 Å². The lowest BCUT2D eigenvalue weighted by Crippen LogP contribution is -2.15. The van der Waals surface area contributed by atoms with Gasteiger partial charge in [0.25, 0.3) is 17.5 Å². The minimum absolute atomic E-state index is 0.0701. The lowest BCUT2D eigenvalue weighted by Gasteiger charge is -2.16. The zero-order valence-corrected chi connectivity index (χ0v) is 17.7. The van der Waals surface area contributed by atoms with Crippen LogP contribution in [-0.2, 0) is 0 Å². The van der Waals surface area contributed by atoms with E-state index in [0.717, 1.165) is 0 Å². The normalized spacial score (nSPS) is 10.2. The predicted octanol–water partition coefficient (Wildman–Crippen LogP) is 4.43. The lowest BCUT2D eigenvalue weighted by atomic mass is 10.1. The molecule has 0 aliphatic heterocycles. The van der Waals surface area contributed by atoms with E-state index in [0.29, 0.717) is 34.0 Å². The molecule has 9 heteroatoms. The molecule has 0 spiro atoms. The van der Waals surface area contributed by atoms with Crippen LogP contribution in [0, 0.1) is 17.0 Å². The number of ether oxygens (including phenoxy) is 2. The van der Waals surface area contributed by atoms with Crippen molar-refractivity contribution >= 4 is 28.9 Å². The highest BCUT2D eigenvalue weighted by Crippen LogP contribution is 2.37. The number of carbonyl (C=O) groups is 2. The second-order valence-electron chi connectivity index (χ2n) is 6.79. The molecule has 0 saturated heterocycles. The third kappa shape index (κ3) is 4.84. The van der Waals surface area contributed by atoms with Crippen LogP contribution >= 0.6 is 0 Å². The Bertz CT molecular complexity index is 1180. The van der Waals surface area contributed by atoms with Crippen molar-refractivity contribution in [1.29, 1.82) is 0 Å². The zero-order valence-electron chi connectivity index (χ0n) is 17.7. The van der Waals surface area contributed by atoms with E-state index in [1.165, 1.54) is 44.6 Å². The van der Waals surface area contributed by atoms with Crippen LogP contribution in [0.2, 0.25) is 0 Å². The largest absolute Gasteiger partial charge is 0.494 e. The molecule has 3 rings (SSSR count). The molecule has 164 valence electrons. The van der Waals surface area contributed by atoms with Crippen LogP contribution in [0.15, 0.2) is 60.7 Å². The van der Waals surface area contributed by atoms with Gasteiger partial charge in [0, 0.05) is 34.9 Å². The molecule has 9 nitrogen and oxygen atoms in total. The van der Waals surface area contributed by atoms with Gasteiger partial charge in [0.15, 0.2) is 0 Å². The number of nitro benzene ring substituents is 1. The SMILES string of the molecule is COc1cc(NC(=O)c2ccc([N+](=O)[O-])c(C)c2)c(OC)cc1NC(=O)c1ccccc1. The van der Waals surface area contributed by atoms with E-state index in [9.17, 15) is 19.7 Å².